The molecule has 6 nitrogen and oxygen atoms in total. The molecule has 0 radical (unpaired) electrons. The summed E-state index contributed by atoms with van der Waals surface area (Å²) in [5, 5.41) is 12.9. The van der Waals surface area contributed by atoms with E-state index in [9.17, 15) is 23.5 Å². The van der Waals surface area contributed by atoms with Crippen molar-refractivity contribution < 1.29 is 39.5 Å². The maximum atomic E-state index is 14.3. The fraction of sp³-hybridized carbons (Fsp3) is 0. The van der Waals surface area contributed by atoms with Crippen molar-refractivity contribution in [2.75, 3.05) is 5.32 Å². The normalized spacial score (nSPS) is 11.0. The first-order valence-electron chi connectivity index (χ1n) is 8.04. The molecule has 2 aromatic carbocycles. The van der Waals surface area contributed by atoms with Gasteiger partial charge in [0.1, 0.15) is 16.1 Å². The molecule has 4 rings (SSSR count). The number of amides is 1. The molecule has 0 fully saturated rings. The lowest BCUT2D eigenvalue weighted by molar-refractivity contribution is -0.294. The fourth-order valence-electron chi connectivity index (χ4n) is 2.73. The van der Waals surface area contributed by atoms with Crippen LogP contribution >= 0.6 is 11.3 Å². The molecule has 0 atom stereocenters. The Morgan fingerprint density at radius 3 is 2.59 bits per heavy atom. The van der Waals surface area contributed by atoms with Gasteiger partial charge in [0.25, 0.3) is 10.9 Å². The Kier molecular flexibility index (Phi) is 4.77. The van der Waals surface area contributed by atoms with Gasteiger partial charge in [0.15, 0.2) is 23.0 Å². The first-order chi connectivity index (χ1) is 13.9. The molecule has 2 aromatic heterocycles. The van der Waals surface area contributed by atoms with Crippen LogP contribution < -0.4 is 5.32 Å². The fourth-order valence-corrected chi connectivity index (χ4v) is 3.83. The van der Waals surface area contributed by atoms with Crippen LogP contribution in [-0.4, -0.2) is 22.0 Å². The van der Waals surface area contributed by atoms with Crippen LogP contribution in [0.3, 0.4) is 0 Å². The van der Waals surface area contributed by atoms with Crippen molar-refractivity contribution in [3.63, 3.8) is 0 Å². The van der Waals surface area contributed by atoms with Gasteiger partial charge in [0.05, 0.1) is 0 Å². The zero-order valence-electron chi connectivity index (χ0n) is 14.2. The molecule has 0 unspecified atom stereocenters. The molecular formula is C19H10ClF2N2O4S+. The van der Waals surface area contributed by atoms with E-state index in [0.29, 0.717) is 11.1 Å². The lowest BCUT2D eigenvalue weighted by Gasteiger charge is -2.05. The number of oxazole rings is 1. The van der Waals surface area contributed by atoms with Gasteiger partial charge in [-0.05, 0) is 18.2 Å². The minimum Gasteiger partial charge on any atom is -0.478 e. The Morgan fingerprint density at radius 1 is 1.10 bits per heavy atom. The number of aromatic carboxylic acids is 1. The van der Waals surface area contributed by atoms with Gasteiger partial charge in [-0.3, -0.25) is 4.79 Å². The lowest BCUT2D eigenvalue weighted by atomic mass is 10.0. The van der Waals surface area contributed by atoms with E-state index >= 15 is 0 Å². The largest absolute Gasteiger partial charge is 0.478 e. The molecule has 2 heterocycles. The quantitative estimate of drug-likeness (QED) is 0.461. The maximum Gasteiger partial charge on any atom is 0.339 e. The summed E-state index contributed by atoms with van der Waals surface area (Å²) in [5.74, 6) is -4.95. The van der Waals surface area contributed by atoms with Gasteiger partial charge < -0.3 is 14.8 Å². The van der Waals surface area contributed by atoms with Crippen molar-refractivity contribution in [2.45, 2.75) is 0 Å². The van der Waals surface area contributed by atoms with E-state index in [-0.39, 0.29) is 32.6 Å². The third kappa shape index (κ3) is 3.34. The van der Waals surface area contributed by atoms with E-state index < -0.39 is 23.5 Å². The topological polar surface area (TPSA) is 92.4 Å². The summed E-state index contributed by atoms with van der Waals surface area (Å²) in [6, 6.07) is 9.09. The summed E-state index contributed by atoms with van der Waals surface area (Å²) >= 11 is 5.53. The van der Waals surface area contributed by atoms with Crippen molar-refractivity contribution in [1.29, 1.82) is 0 Å². The van der Waals surface area contributed by atoms with Gasteiger partial charge in [0, 0.05) is 22.6 Å². The molecule has 29 heavy (non-hydrogen) atoms. The van der Waals surface area contributed by atoms with E-state index in [1.807, 2.05) is 0 Å². The van der Waals surface area contributed by atoms with Crippen LogP contribution in [-0.2, 0) is 0 Å². The summed E-state index contributed by atoms with van der Waals surface area (Å²) < 4.78 is 33.5. The van der Waals surface area contributed by atoms with Gasteiger partial charge in [-0.25, -0.2) is 14.2 Å². The number of nitrogens with zero attached hydrogens (tertiary/aromatic N) is 1. The lowest BCUT2D eigenvalue weighted by Crippen LogP contribution is -2.14. The monoisotopic (exact) mass is 435 g/mol. The summed E-state index contributed by atoms with van der Waals surface area (Å²) in [4.78, 5) is 28.3. The molecule has 0 spiro atoms. The van der Waals surface area contributed by atoms with E-state index in [4.69, 9.17) is 4.42 Å². The second-order valence-corrected chi connectivity index (χ2v) is 7.16. The molecule has 0 aliphatic rings. The zero-order chi connectivity index (χ0) is 20.7. The van der Waals surface area contributed by atoms with Crippen LogP contribution in [0.4, 0.5) is 13.8 Å². The second-order valence-electron chi connectivity index (χ2n) is 5.84. The number of rotatable bonds is 4. The summed E-state index contributed by atoms with van der Waals surface area (Å²) in [6.45, 7) is 0. The van der Waals surface area contributed by atoms with E-state index in [1.165, 1.54) is 17.5 Å². The Balaban J connectivity index is 1.73. The van der Waals surface area contributed by atoms with Crippen molar-refractivity contribution >= 4 is 39.3 Å². The zero-order valence-corrected chi connectivity index (χ0v) is 15.9. The number of hydrogen-bond donors (Lipinski definition) is 2. The van der Waals surface area contributed by atoms with E-state index in [0.717, 1.165) is 11.3 Å². The van der Waals surface area contributed by atoms with Crippen LogP contribution in [0.15, 0.2) is 46.2 Å². The number of benzene rings is 2. The number of hydrogen-bond acceptors (Lipinski definition) is 5. The molecule has 4 aromatic rings. The maximum absolute atomic E-state index is 14.3. The number of carboxylic acids is 1. The average Bonchev–Trinajstić information content (AvgIpc) is 3.30. The molecule has 1 amide bonds. The van der Waals surface area contributed by atoms with Crippen molar-refractivity contribution in [1.82, 2.24) is 4.98 Å². The molecular weight excluding hydrogens is 426 g/mol. The minimum atomic E-state index is -1.42. The number of halogens is 3. The first-order valence-corrected chi connectivity index (χ1v) is 9.32. The van der Waals surface area contributed by atoms with Gasteiger partial charge in [-0.2, -0.15) is 4.39 Å². The average molecular weight is 436 g/mol. The Labute approximate surface area is 170 Å². The summed E-state index contributed by atoms with van der Waals surface area (Å²) in [7, 11) is 0. The van der Waals surface area contributed by atoms with Crippen LogP contribution in [0.25, 0.3) is 22.2 Å². The number of carbonyl (C=O) groups is 2. The number of thiophene rings is 1. The van der Waals surface area contributed by atoms with Crippen LogP contribution in [0.2, 0.25) is 5.02 Å². The number of carbonyl (C=O) groups excluding carboxylic acids is 1. The molecule has 2 N–H and O–H groups in total. The predicted octanol–water partition coefficient (Wildman–Crippen LogP) is 4.48. The molecule has 0 aliphatic carbocycles. The first kappa shape index (κ1) is 19.0. The molecule has 0 bridgehead atoms. The highest BCUT2D eigenvalue weighted by Gasteiger charge is 2.27. The number of nitrogens with one attached hydrogen (secondary N) is 1. The summed E-state index contributed by atoms with van der Waals surface area (Å²) in [5.41, 5.74) is 0.123. The third-order valence-electron chi connectivity index (χ3n) is 4.06. The Bertz CT molecular complexity index is 1250. The number of para-hydroxylation sites is 2. The molecule has 0 aliphatic heterocycles. The van der Waals surface area contributed by atoms with Crippen LogP contribution in [0.1, 0.15) is 21.0 Å². The second kappa shape index (κ2) is 7.26. The van der Waals surface area contributed by atoms with Gasteiger partial charge in [-0.15, -0.1) is 11.3 Å². The van der Waals surface area contributed by atoms with Crippen LogP contribution in [0.5, 0.6) is 0 Å². The smallest absolute Gasteiger partial charge is 0.339 e. The molecule has 10 heteroatoms. The highest BCUT2D eigenvalue weighted by Crippen LogP contribution is 2.38. The van der Waals surface area contributed by atoms with Crippen molar-refractivity contribution in [3.05, 3.63) is 69.9 Å². The van der Waals surface area contributed by atoms with E-state index in [1.54, 1.807) is 24.3 Å². The van der Waals surface area contributed by atoms with E-state index in [2.05, 4.69) is 21.9 Å². The van der Waals surface area contributed by atoms with Crippen LogP contribution in [0, 0.1) is 23.2 Å². The number of anilines is 1. The Hall–Kier alpha value is -3.30. The van der Waals surface area contributed by atoms with Gasteiger partial charge >= 0.3 is 11.9 Å². The highest BCUT2D eigenvalue weighted by molar-refractivity contribution is 7.15. The Morgan fingerprint density at radius 2 is 1.86 bits per heavy atom. The SMILES string of the molecule is O=C(Nc1scc(-c2ccc([ClH+])c(F)c2F)c1C(=O)O)c1nc2ccccc2o1. The molecule has 146 valence electrons. The highest BCUT2D eigenvalue weighted by atomic mass is 35.5. The summed E-state index contributed by atoms with van der Waals surface area (Å²) in [6.07, 6.45) is 0. The van der Waals surface area contributed by atoms with Gasteiger partial charge in [0.2, 0.25) is 5.82 Å². The molecule has 0 saturated heterocycles. The van der Waals surface area contributed by atoms with Gasteiger partial charge in [-0.1, -0.05) is 12.1 Å². The van der Waals surface area contributed by atoms with Crippen molar-refractivity contribution in [2.24, 2.45) is 0 Å². The standard InChI is InChI=1S/C19H9ClF2N2O4S/c20-10-6-5-8(14(21)15(10)22)9-7-29-18(13(9)19(26)27)24-16(25)17-23-11-3-1-2-4-12(11)28-17/h1-7,20H,(H-,24,25,26,27)/p+1. The van der Waals surface area contributed by atoms with Crippen molar-refractivity contribution in [3.8, 4) is 11.1 Å². The third-order valence-corrected chi connectivity index (χ3v) is 5.27. The predicted molar refractivity (Wildman–Crippen MR) is 99.1 cm³/mol. The number of fused-ring (bicyclic) bond motifs is 1. The number of aromatic nitrogens is 1. The number of carboxylic acid groups (broad SMARTS) is 1. The minimum absolute atomic E-state index is 0.0676. The molecule has 0 saturated carbocycles.